The van der Waals surface area contributed by atoms with Gasteiger partial charge in [-0.2, -0.15) is 0 Å². The van der Waals surface area contributed by atoms with Gasteiger partial charge in [-0.25, -0.2) is 4.79 Å². The minimum absolute atomic E-state index is 0.000600. The van der Waals surface area contributed by atoms with E-state index < -0.39 is 47.2 Å². The zero-order chi connectivity index (χ0) is 34.0. The first kappa shape index (κ1) is 34.9. The molecule has 0 aromatic carbocycles. The molecular formula is C35H48N2O10. The number of hydrogen-bond donors (Lipinski definition) is 2. The second-order valence-electron chi connectivity index (χ2n) is 14.6. The maximum absolute atomic E-state index is 13.4. The third kappa shape index (κ3) is 6.93. The fourth-order valence-electron chi connectivity index (χ4n) is 9.28. The lowest BCUT2D eigenvalue weighted by atomic mass is 9.46. The van der Waals surface area contributed by atoms with Crippen LogP contribution in [0.3, 0.4) is 0 Å². The third-order valence-electron chi connectivity index (χ3n) is 12.1. The van der Waals surface area contributed by atoms with E-state index in [1.54, 1.807) is 0 Å². The molecule has 12 nitrogen and oxygen atoms in total. The van der Waals surface area contributed by atoms with Gasteiger partial charge in [0, 0.05) is 44.1 Å². The smallest absolute Gasteiger partial charge is 0.333 e. The molecule has 12 heteroatoms. The summed E-state index contributed by atoms with van der Waals surface area (Å²) in [6.07, 6.45) is 9.29. The Balaban J connectivity index is 0.990. The molecule has 1 heterocycles. The van der Waals surface area contributed by atoms with Crippen LogP contribution in [0.15, 0.2) is 11.6 Å². The van der Waals surface area contributed by atoms with Crippen LogP contribution in [-0.4, -0.2) is 70.1 Å². The predicted molar refractivity (Wildman–Crippen MR) is 166 cm³/mol. The summed E-state index contributed by atoms with van der Waals surface area (Å²) in [5, 5.41) is 15.1. The molecule has 0 spiro atoms. The fraction of sp³-hybridized carbons (Fsp3) is 0.743. The Morgan fingerprint density at radius 1 is 0.851 bits per heavy atom. The van der Waals surface area contributed by atoms with Gasteiger partial charge in [-0.1, -0.05) is 25.8 Å². The molecule has 0 bridgehead atoms. The minimum Gasteiger partial charge on any atom is -0.458 e. The van der Waals surface area contributed by atoms with Crippen LogP contribution in [0.1, 0.15) is 117 Å². The number of rotatable bonds is 13. The molecule has 3 saturated carbocycles. The lowest BCUT2D eigenvalue weighted by molar-refractivity contribution is -0.197. The van der Waals surface area contributed by atoms with E-state index in [4.69, 9.17) is 9.57 Å². The largest absolute Gasteiger partial charge is 0.458 e. The van der Waals surface area contributed by atoms with Crippen molar-refractivity contribution in [2.24, 2.45) is 28.6 Å². The van der Waals surface area contributed by atoms with E-state index in [-0.39, 0.29) is 55.1 Å². The van der Waals surface area contributed by atoms with Gasteiger partial charge in [0.15, 0.2) is 12.4 Å². The number of imide groups is 1. The Morgan fingerprint density at radius 3 is 2.32 bits per heavy atom. The van der Waals surface area contributed by atoms with Crippen LogP contribution in [0.25, 0.3) is 0 Å². The Hall–Kier alpha value is -3.41. The molecule has 0 aromatic heterocycles. The SMILES string of the molecule is C[C@]12CCC(=O)C=C1CC[C@@H]1[C@H]2CC[C@@]2(C)[C@@H]1CC[C@]2(O)C(=O)COC(=O)CCC(=O)NCCCCCC(=O)ON1C(=O)CCC1=O. The standard InChI is InChI=1S/C35H48N2O10/c1-33-16-13-23(38)20-22(33)7-8-24-25(33)14-17-34(2)26(24)15-18-35(34,45)27(39)21-46-31(43)12-9-28(40)36-19-5-3-4-6-32(44)47-37-29(41)10-11-30(37)42/h20,24-26,45H,3-19,21H2,1-2H3,(H,36,40)/t24-,25-,26-,33+,34+,35+/m1/s1. The predicted octanol–water partition coefficient (Wildman–Crippen LogP) is 3.43. The summed E-state index contributed by atoms with van der Waals surface area (Å²) >= 11 is 0. The molecule has 1 aliphatic heterocycles. The van der Waals surface area contributed by atoms with Crippen molar-refractivity contribution in [3.8, 4) is 0 Å². The number of ketones is 2. The van der Waals surface area contributed by atoms with Gasteiger partial charge in [0.25, 0.3) is 11.8 Å². The molecule has 5 aliphatic rings. The van der Waals surface area contributed by atoms with E-state index >= 15 is 0 Å². The van der Waals surface area contributed by atoms with Crippen molar-refractivity contribution < 1.29 is 48.2 Å². The molecule has 4 aliphatic carbocycles. The van der Waals surface area contributed by atoms with Gasteiger partial charge >= 0.3 is 11.9 Å². The lowest BCUT2D eigenvalue weighted by Gasteiger charge is -2.58. The van der Waals surface area contributed by atoms with Crippen molar-refractivity contribution in [1.82, 2.24) is 10.4 Å². The molecule has 0 radical (unpaired) electrons. The molecule has 0 unspecified atom stereocenters. The Kier molecular flexibility index (Phi) is 10.4. The number of carbonyl (C=O) groups excluding carboxylic acids is 7. The first-order chi connectivity index (χ1) is 22.3. The molecular weight excluding hydrogens is 608 g/mol. The molecule has 6 atom stereocenters. The van der Waals surface area contributed by atoms with E-state index in [1.807, 2.05) is 13.0 Å². The van der Waals surface area contributed by atoms with Crippen molar-refractivity contribution in [3.63, 3.8) is 0 Å². The summed E-state index contributed by atoms with van der Waals surface area (Å²) in [4.78, 5) is 89.8. The van der Waals surface area contributed by atoms with Gasteiger partial charge in [0.05, 0.1) is 6.42 Å². The van der Waals surface area contributed by atoms with Crippen molar-refractivity contribution in [1.29, 1.82) is 0 Å². The van der Waals surface area contributed by atoms with Gasteiger partial charge < -0.3 is 20.0 Å². The van der Waals surface area contributed by atoms with Gasteiger partial charge in [0.1, 0.15) is 5.60 Å². The highest BCUT2D eigenvalue weighted by Gasteiger charge is 2.66. The molecule has 47 heavy (non-hydrogen) atoms. The molecule has 0 aromatic rings. The molecule has 258 valence electrons. The van der Waals surface area contributed by atoms with E-state index in [0.29, 0.717) is 62.0 Å². The highest BCUT2D eigenvalue weighted by molar-refractivity contribution is 6.01. The topological polar surface area (TPSA) is 173 Å². The monoisotopic (exact) mass is 656 g/mol. The van der Waals surface area contributed by atoms with Crippen molar-refractivity contribution in [3.05, 3.63) is 11.6 Å². The van der Waals surface area contributed by atoms with Crippen molar-refractivity contribution in [2.45, 2.75) is 122 Å². The number of unbranched alkanes of at least 4 members (excludes halogenated alkanes) is 2. The molecule has 3 amide bonds. The van der Waals surface area contributed by atoms with Crippen molar-refractivity contribution >= 4 is 41.2 Å². The highest BCUT2D eigenvalue weighted by Crippen LogP contribution is 2.67. The molecule has 2 N–H and O–H groups in total. The highest BCUT2D eigenvalue weighted by atomic mass is 16.7. The molecule has 4 fully saturated rings. The van der Waals surface area contributed by atoms with Crippen LogP contribution in [0, 0.1) is 28.6 Å². The number of esters is 1. The Labute approximate surface area is 275 Å². The van der Waals surface area contributed by atoms with Gasteiger partial charge in [-0.3, -0.25) is 28.8 Å². The maximum atomic E-state index is 13.4. The number of ether oxygens (including phenoxy) is 1. The van der Waals surface area contributed by atoms with E-state index in [2.05, 4.69) is 12.2 Å². The van der Waals surface area contributed by atoms with Crippen LogP contribution in [0.4, 0.5) is 0 Å². The summed E-state index contributed by atoms with van der Waals surface area (Å²) in [7, 11) is 0. The van der Waals surface area contributed by atoms with E-state index in [0.717, 1.165) is 32.1 Å². The average Bonchev–Trinajstić information content (AvgIpc) is 3.51. The summed E-state index contributed by atoms with van der Waals surface area (Å²) < 4.78 is 5.24. The number of hydroxylamine groups is 2. The van der Waals surface area contributed by atoms with E-state index in [9.17, 15) is 38.7 Å². The zero-order valence-electron chi connectivity index (χ0n) is 27.6. The number of aliphatic hydroxyl groups is 1. The van der Waals surface area contributed by atoms with Gasteiger partial charge in [-0.05, 0) is 87.0 Å². The number of fused-ring (bicyclic) bond motifs is 5. The number of carbonyl (C=O) groups is 7. The lowest BCUT2D eigenvalue weighted by Crippen LogP contribution is -2.58. The van der Waals surface area contributed by atoms with Crippen LogP contribution < -0.4 is 5.32 Å². The fourth-order valence-corrected chi connectivity index (χ4v) is 9.28. The zero-order valence-corrected chi connectivity index (χ0v) is 27.6. The third-order valence-corrected chi connectivity index (χ3v) is 12.1. The Morgan fingerprint density at radius 2 is 1.57 bits per heavy atom. The maximum Gasteiger partial charge on any atom is 0.333 e. The summed E-state index contributed by atoms with van der Waals surface area (Å²) in [5.41, 5.74) is -0.900. The minimum atomic E-state index is -1.57. The molecule has 5 rings (SSSR count). The van der Waals surface area contributed by atoms with Crippen LogP contribution in [-0.2, 0) is 43.1 Å². The second-order valence-corrected chi connectivity index (χ2v) is 14.6. The molecule has 1 saturated heterocycles. The summed E-state index contributed by atoms with van der Waals surface area (Å²) in [6.45, 7) is 4.13. The number of nitrogens with zero attached hydrogens (tertiary/aromatic N) is 1. The van der Waals surface area contributed by atoms with Crippen molar-refractivity contribution in [2.75, 3.05) is 13.2 Å². The first-order valence-corrected chi connectivity index (χ1v) is 17.3. The first-order valence-electron chi connectivity index (χ1n) is 17.3. The summed E-state index contributed by atoms with van der Waals surface area (Å²) in [5.74, 6) is -2.00. The number of hydrogen-bond acceptors (Lipinski definition) is 10. The number of amides is 3. The van der Waals surface area contributed by atoms with Crippen LogP contribution in [0.5, 0.6) is 0 Å². The normalized spacial score (nSPS) is 33.0. The van der Waals surface area contributed by atoms with Gasteiger partial charge in [0.2, 0.25) is 11.7 Å². The summed E-state index contributed by atoms with van der Waals surface area (Å²) in [6, 6.07) is 0. The number of Topliss-reactive ketones (excluding diaryl/α,β-unsaturated/α-hetero) is 1. The quantitative estimate of drug-likeness (QED) is 0.170. The second kappa shape index (κ2) is 14.0. The van der Waals surface area contributed by atoms with E-state index in [1.165, 1.54) is 5.57 Å². The Bertz CT molecular complexity index is 1340. The number of allylic oxidation sites excluding steroid dienone is 1. The average molecular weight is 657 g/mol. The van der Waals surface area contributed by atoms with Crippen LogP contribution in [0.2, 0.25) is 0 Å². The number of nitrogens with one attached hydrogen (secondary N) is 1. The van der Waals surface area contributed by atoms with Crippen LogP contribution >= 0.6 is 0 Å². The van der Waals surface area contributed by atoms with Gasteiger partial charge in [-0.15, -0.1) is 5.06 Å².